The quantitative estimate of drug-likeness (QED) is 0.653. The first-order chi connectivity index (χ1) is 9.72. The summed E-state index contributed by atoms with van der Waals surface area (Å²) in [5.41, 5.74) is 1.23. The van der Waals surface area contributed by atoms with Gasteiger partial charge in [-0.1, -0.05) is 0 Å². The number of fused-ring (bicyclic) bond motifs is 1. The predicted molar refractivity (Wildman–Crippen MR) is 75.7 cm³/mol. The number of nitro benzene ring substituents is 1. The average molecular weight is 273 g/mol. The Morgan fingerprint density at radius 3 is 2.85 bits per heavy atom. The fraction of sp³-hybridized carbons (Fsp3) is 0.385. The van der Waals surface area contributed by atoms with Crippen molar-refractivity contribution in [2.75, 3.05) is 18.4 Å². The van der Waals surface area contributed by atoms with Crippen LogP contribution in [-0.2, 0) is 0 Å². The molecule has 0 aliphatic carbocycles. The molecule has 0 spiro atoms. The van der Waals surface area contributed by atoms with Crippen molar-refractivity contribution in [1.29, 1.82) is 0 Å². The first-order valence-electron chi connectivity index (χ1n) is 6.61. The second-order valence-corrected chi connectivity index (χ2v) is 4.85. The lowest BCUT2D eigenvalue weighted by Gasteiger charge is -2.24. The normalized spacial score (nSPS) is 16.2. The SMILES string of the molecule is O=[N+]([O-])c1ccc2nc(NC3CCNCC3)cnc2c1. The van der Waals surface area contributed by atoms with Crippen LogP contribution in [0.1, 0.15) is 12.8 Å². The molecule has 7 heteroatoms. The molecule has 3 rings (SSSR count). The lowest BCUT2D eigenvalue weighted by molar-refractivity contribution is -0.384. The van der Waals surface area contributed by atoms with Gasteiger partial charge in [-0.15, -0.1) is 0 Å². The van der Waals surface area contributed by atoms with Crippen molar-refractivity contribution in [3.05, 3.63) is 34.5 Å². The van der Waals surface area contributed by atoms with Crippen LogP contribution in [0, 0.1) is 10.1 Å². The van der Waals surface area contributed by atoms with Crippen LogP contribution in [0.3, 0.4) is 0 Å². The van der Waals surface area contributed by atoms with Gasteiger partial charge in [-0.3, -0.25) is 15.1 Å². The molecule has 0 amide bonds. The monoisotopic (exact) mass is 273 g/mol. The third-order valence-corrected chi connectivity index (χ3v) is 3.43. The van der Waals surface area contributed by atoms with Gasteiger partial charge in [-0.25, -0.2) is 4.98 Å². The first kappa shape index (κ1) is 12.7. The Balaban J connectivity index is 1.83. The molecule has 0 radical (unpaired) electrons. The Labute approximate surface area is 115 Å². The highest BCUT2D eigenvalue weighted by Crippen LogP contribution is 2.19. The Morgan fingerprint density at radius 2 is 2.10 bits per heavy atom. The van der Waals surface area contributed by atoms with Gasteiger partial charge in [-0.2, -0.15) is 0 Å². The van der Waals surface area contributed by atoms with Gasteiger partial charge >= 0.3 is 0 Å². The molecule has 7 nitrogen and oxygen atoms in total. The van der Waals surface area contributed by atoms with Crippen molar-refractivity contribution in [3.63, 3.8) is 0 Å². The smallest absolute Gasteiger partial charge is 0.271 e. The highest BCUT2D eigenvalue weighted by Gasteiger charge is 2.14. The van der Waals surface area contributed by atoms with Crippen LogP contribution in [0.15, 0.2) is 24.4 Å². The van der Waals surface area contributed by atoms with Crippen LogP contribution in [0.5, 0.6) is 0 Å². The van der Waals surface area contributed by atoms with Gasteiger partial charge in [-0.05, 0) is 32.0 Å². The highest BCUT2D eigenvalue weighted by molar-refractivity contribution is 5.78. The molecular weight excluding hydrogens is 258 g/mol. The van der Waals surface area contributed by atoms with Crippen LogP contribution >= 0.6 is 0 Å². The maximum absolute atomic E-state index is 10.7. The zero-order valence-electron chi connectivity index (χ0n) is 10.9. The van der Waals surface area contributed by atoms with E-state index in [2.05, 4.69) is 20.6 Å². The Morgan fingerprint density at radius 1 is 1.30 bits per heavy atom. The summed E-state index contributed by atoms with van der Waals surface area (Å²) in [6.07, 6.45) is 3.74. The molecular formula is C13H15N5O2. The summed E-state index contributed by atoms with van der Waals surface area (Å²) in [7, 11) is 0. The number of non-ortho nitro benzene ring substituents is 1. The van der Waals surface area contributed by atoms with E-state index in [0.717, 1.165) is 31.7 Å². The topological polar surface area (TPSA) is 93.0 Å². The summed E-state index contributed by atoms with van der Waals surface area (Å²) in [4.78, 5) is 19.0. The van der Waals surface area contributed by atoms with Crippen LogP contribution in [-0.4, -0.2) is 34.0 Å². The van der Waals surface area contributed by atoms with Crippen LogP contribution < -0.4 is 10.6 Å². The van der Waals surface area contributed by atoms with Crippen LogP contribution in [0.2, 0.25) is 0 Å². The summed E-state index contributed by atoms with van der Waals surface area (Å²) < 4.78 is 0. The Hall–Kier alpha value is -2.28. The van der Waals surface area contributed by atoms with Gasteiger partial charge in [0, 0.05) is 18.2 Å². The molecule has 1 saturated heterocycles. The number of hydrogen-bond acceptors (Lipinski definition) is 6. The molecule has 0 atom stereocenters. The molecule has 2 heterocycles. The predicted octanol–water partition coefficient (Wildman–Crippen LogP) is 1.70. The van der Waals surface area contributed by atoms with Crippen molar-refractivity contribution in [2.24, 2.45) is 0 Å². The number of piperidine rings is 1. The number of anilines is 1. The van der Waals surface area contributed by atoms with Crippen molar-refractivity contribution < 1.29 is 4.92 Å². The molecule has 1 aromatic carbocycles. The molecule has 0 saturated carbocycles. The number of hydrogen-bond donors (Lipinski definition) is 2. The maximum atomic E-state index is 10.7. The zero-order chi connectivity index (χ0) is 13.9. The third-order valence-electron chi connectivity index (χ3n) is 3.43. The van der Waals surface area contributed by atoms with E-state index in [1.165, 1.54) is 12.1 Å². The third kappa shape index (κ3) is 2.67. The maximum Gasteiger partial charge on any atom is 0.271 e. The Kier molecular flexibility index (Phi) is 3.42. The van der Waals surface area contributed by atoms with Gasteiger partial charge in [0.05, 0.1) is 22.2 Å². The highest BCUT2D eigenvalue weighted by atomic mass is 16.6. The first-order valence-corrected chi connectivity index (χ1v) is 6.61. The van der Waals surface area contributed by atoms with E-state index in [-0.39, 0.29) is 5.69 Å². The summed E-state index contributed by atoms with van der Waals surface area (Å²) >= 11 is 0. The van der Waals surface area contributed by atoms with Gasteiger partial charge in [0.15, 0.2) is 0 Å². The van der Waals surface area contributed by atoms with Crippen molar-refractivity contribution >= 4 is 22.5 Å². The molecule has 1 fully saturated rings. The average Bonchev–Trinajstić information content (AvgIpc) is 2.47. The minimum atomic E-state index is -0.428. The molecule has 1 aliphatic rings. The van der Waals surface area contributed by atoms with Crippen molar-refractivity contribution in [1.82, 2.24) is 15.3 Å². The van der Waals surface area contributed by atoms with E-state index < -0.39 is 4.92 Å². The molecule has 0 unspecified atom stereocenters. The molecule has 0 bridgehead atoms. The van der Waals surface area contributed by atoms with Crippen LogP contribution in [0.4, 0.5) is 11.5 Å². The number of benzene rings is 1. The molecule has 1 aromatic heterocycles. The summed E-state index contributed by atoms with van der Waals surface area (Å²) in [5, 5.41) is 17.4. The molecule has 2 N–H and O–H groups in total. The minimum Gasteiger partial charge on any atom is -0.366 e. The van der Waals surface area contributed by atoms with Gasteiger partial charge in [0.25, 0.3) is 5.69 Å². The van der Waals surface area contributed by atoms with E-state index >= 15 is 0 Å². The van der Waals surface area contributed by atoms with Gasteiger partial charge < -0.3 is 10.6 Å². The molecule has 104 valence electrons. The summed E-state index contributed by atoms with van der Waals surface area (Å²) in [6, 6.07) is 4.93. The van der Waals surface area contributed by atoms with E-state index in [9.17, 15) is 10.1 Å². The summed E-state index contributed by atoms with van der Waals surface area (Å²) in [6.45, 7) is 2.01. The standard InChI is InChI=1S/C13H15N5O2/c19-18(20)10-1-2-11-12(7-10)15-8-13(17-11)16-9-3-5-14-6-4-9/h1-2,7-9,14H,3-6H2,(H,16,17). The van der Waals surface area contributed by atoms with Crippen LogP contribution in [0.25, 0.3) is 11.0 Å². The molecule has 2 aromatic rings. The van der Waals surface area contributed by atoms with E-state index in [1.807, 2.05) is 0 Å². The zero-order valence-corrected chi connectivity index (χ0v) is 10.9. The van der Waals surface area contributed by atoms with Crippen molar-refractivity contribution in [2.45, 2.75) is 18.9 Å². The Bertz CT molecular complexity index is 640. The number of rotatable bonds is 3. The second-order valence-electron chi connectivity index (χ2n) is 4.85. The van der Waals surface area contributed by atoms with Gasteiger partial charge in [0.1, 0.15) is 5.82 Å². The van der Waals surface area contributed by atoms with Crippen molar-refractivity contribution in [3.8, 4) is 0 Å². The fourth-order valence-electron chi connectivity index (χ4n) is 2.36. The van der Waals surface area contributed by atoms with E-state index in [4.69, 9.17) is 0 Å². The number of nitro groups is 1. The molecule has 1 aliphatic heterocycles. The molecule has 20 heavy (non-hydrogen) atoms. The fourth-order valence-corrected chi connectivity index (χ4v) is 2.36. The number of aromatic nitrogens is 2. The van der Waals surface area contributed by atoms with Gasteiger partial charge in [0.2, 0.25) is 0 Å². The minimum absolute atomic E-state index is 0.0332. The number of nitrogens with zero attached hydrogens (tertiary/aromatic N) is 3. The van der Waals surface area contributed by atoms with E-state index in [0.29, 0.717) is 17.1 Å². The lowest BCUT2D eigenvalue weighted by atomic mass is 10.1. The largest absolute Gasteiger partial charge is 0.366 e. The second kappa shape index (κ2) is 5.38. The summed E-state index contributed by atoms with van der Waals surface area (Å²) in [5.74, 6) is 0.721. The number of nitrogens with one attached hydrogen (secondary N) is 2. The van der Waals surface area contributed by atoms with E-state index in [1.54, 1.807) is 12.3 Å². The lowest BCUT2D eigenvalue weighted by Crippen LogP contribution is -2.35.